The van der Waals surface area contributed by atoms with Gasteiger partial charge < -0.3 is 14.6 Å². The fourth-order valence-corrected chi connectivity index (χ4v) is 1.53. The van der Waals surface area contributed by atoms with Gasteiger partial charge in [0.15, 0.2) is 5.79 Å². The molecular formula is C13H18O3. The monoisotopic (exact) mass is 222 g/mol. The Labute approximate surface area is 96.8 Å². The van der Waals surface area contributed by atoms with E-state index in [0.29, 0.717) is 0 Å². The van der Waals surface area contributed by atoms with Crippen LogP contribution in [0.15, 0.2) is 24.3 Å². The van der Waals surface area contributed by atoms with Crippen LogP contribution in [0, 0.1) is 11.8 Å². The average molecular weight is 222 g/mol. The van der Waals surface area contributed by atoms with E-state index in [1.807, 2.05) is 32.1 Å². The molecule has 0 saturated carbocycles. The van der Waals surface area contributed by atoms with Gasteiger partial charge in [-0.25, -0.2) is 0 Å². The molecule has 1 rings (SSSR count). The van der Waals surface area contributed by atoms with Crippen molar-refractivity contribution in [3.05, 3.63) is 24.3 Å². The van der Waals surface area contributed by atoms with Gasteiger partial charge >= 0.3 is 0 Å². The van der Waals surface area contributed by atoms with Crippen molar-refractivity contribution in [3.63, 3.8) is 0 Å². The van der Waals surface area contributed by atoms with E-state index in [4.69, 9.17) is 14.6 Å². The zero-order chi connectivity index (χ0) is 12.0. The standard InChI is InChI=1S/C13H18O3/c1-4-5-6-7-8-9-11-12(10-14)16-13(2,3)15-11/h6-9,11-12,14H,10H2,1-3H3/b7-6+,9-8-. The first kappa shape index (κ1) is 13.0. The van der Waals surface area contributed by atoms with Crippen molar-refractivity contribution in [2.24, 2.45) is 0 Å². The predicted molar refractivity (Wildman–Crippen MR) is 62.6 cm³/mol. The molecule has 0 aromatic rings. The summed E-state index contributed by atoms with van der Waals surface area (Å²) < 4.78 is 11.1. The number of allylic oxidation sites excluding steroid dienone is 3. The third-order valence-electron chi connectivity index (χ3n) is 2.14. The van der Waals surface area contributed by atoms with Gasteiger partial charge in [-0.05, 0) is 26.8 Å². The zero-order valence-electron chi connectivity index (χ0n) is 9.93. The van der Waals surface area contributed by atoms with Gasteiger partial charge in [0.2, 0.25) is 0 Å². The molecule has 0 amide bonds. The van der Waals surface area contributed by atoms with Crippen molar-refractivity contribution in [2.45, 2.75) is 38.8 Å². The van der Waals surface area contributed by atoms with E-state index in [1.165, 1.54) is 0 Å². The fraction of sp³-hybridized carbons (Fsp3) is 0.538. The second kappa shape index (κ2) is 5.86. The fourth-order valence-electron chi connectivity index (χ4n) is 1.53. The van der Waals surface area contributed by atoms with Gasteiger partial charge in [0.05, 0.1) is 6.61 Å². The van der Waals surface area contributed by atoms with E-state index in [2.05, 4.69) is 11.8 Å². The van der Waals surface area contributed by atoms with Crippen LogP contribution < -0.4 is 0 Å². The Kier molecular flexibility index (Phi) is 4.75. The van der Waals surface area contributed by atoms with Gasteiger partial charge in [0, 0.05) is 0 Å². The minimum Gasteiger partial charge on any atom is -0.394 e. The minimum absolute atomic E-state index is 0.0447. The molecule has 2 unspecified atom stereocenters. The van der Waals surface area contributed by atoms with Crippen LogP contribution in [0.25, 0.3) is 0 Å². The molecule has 1 aliphatic rings. The van der Waals surface area contributed by atoms with Crippen LogP contribution in [-0.2, 0) is 9.47 Å². The van der Waals surface area contributed by atoms with Gasteiger partial charge in [-0.15, -0.1) is 5.92 Å². The quantitative estimate of drug-likeness (QED) is 0.582. The maximum atomic E-state index is 9.13. The van der Waals surface area contributed by atoms with E-state index < -0.39 is 5.79 Å². The second-order valence-electron chi connectivity index (χ2n) is 3.96. The highest BCUT2D eigenvalue weighted by molar-refractivity contribution is 5.19. The van der Waals surface area contributed by atoms with Gasteiger partial charge in [-0.2, -0.15) is 0 Å². The Hall–Kier alpha value is -1.08. The molecule has 1 saturated heterocycles. The predicted octanol–water partition coefficient (Wildman–Crippen LogP) is 1.63. The number of ether oxygens (including phenoxy) is 2. The molecule has 3 nitrogen and oxygen atoms in total. The summed E-state index contributed by atoms with van der Waals surface area (Å²) in [5.74, 6) is 4.94. The summed E-state index contributed by atoms with van der Waals surface area (Å²) in [6.45, 7) is 5.41. The van der Waals surface area contributed by atoms with Gasteiger partial charge in [0.1, 0.15) is 12.2 Å². The number of hydrogen-bond donors (Lipinski definition) is 1. The average Bonchev–Trinajstić information content (AvgIpc) is 2.53. The van der Waals surface area contributed by atoms with E-state index in [-0.39, 0.29) is 18.8 Å². The Morgan fingerprint density at radius 3 is 2.69 bits per heavy atom. The Morgan fingerprint density at radius 1 is 1.31 bits per heavy atom. The van der Waals surface area contributed by atoms with E-state index in [1.54, 1.807) is 13.0 Å². The lowest BCUT2D eigenvalue weighted by Gasteiger charge is -2.15. The SMILES string of the molecule is CC#C/C=C/C=C\C1OC(C)(C)OC1CO. The van der Waals surface area contributed by atoms with E-state index in [0.717, 1.165) is 0 Å². The lowest BCUT2D eigenvalue weighted by molar-refractivity contribution is -0.146. The van der Waals surface area contributed by atoms with Crippen molar-refractivity contribution in [1.82, 2.24) is 0 Å². The summed E-state index contributed by atoms with van der Waals surface area (Å²) in [7, 11) is 0. The first-order valence-corrected chi connectivity index (χ1v) is 5.31. The molecule has 2 atom stereocenters. The molecule has 0 bridgehead atoms. The van der Waals surface area contributed by atoms with Crippen LogP contribution >= 0.6 is 0 Å². The highest BCUT2D eigenvalue weighted by Crippen LogP contribution is 2.28. The summed E-state index contributed by atoms with van der Waals surface area (Å²) in [5, 5.41) is 9.13. The summed E-state index contributed by atoms with van der Waals surface area (Å²) in [5.41, 5.74) is 0. The summed E-state index contributed by atoms with van der Waals surface area (Å²) in [6, 6.07) is 0. The summed E-state index contributed by atoms with van der Waals surface area (Å²) in [4.78, 5) is 0. The third-order valence-corrected chi connectivity index (χ3v) is 2.14. The molecule has 0 radical (unpaired) electrons. The van der Waals surface area contributed by atoms with Crippen LogP contribution in [0.5, 0.6) is 0 Å². The lowest BCUT2D eigenvalue weighted by Crippen LogP contribution is -2.24. The van der Waals surface area contributed by atoms with Gasteiger partial charge in [-0.3, -0.25) is 0 Å². The maximum absolute atomic E-state index is 9.13. The number of hydrogen-bond acceptors (Lipinski definition) is 3. The molecule has 16 heavy (non-hydrogen) atoms. The van der Waals surface area contributed by atoms with Crippen LogP contribution in [0.1, 0.15) is 20.8 Å². The van der Waals surface area contributed by atoms with Crippen molar-refractivity contribution >= 4 is 0 Å². The highest BCUT2D eigenvalue weighted by atomic mass is 16.8. The molecule has 3 heteroatoms. The van der Waals surface area contributed by atoms with Crippen LogP contribution in [0.2, 0.25) is 0 Å². The first-order valence-electron chi connectivity index (χ1n) is 5.31. The van der Waals surface area contributed by atoms with Crippen molar-refractivity contribution < 1.29 is 14.6 Å². The van der Waals surface area contributed by atoms with Crippen molar-refractivity contribution in [2.75, 3.05) is 6.61 Å². The summed E-state index contributed by atoms with van der Waals surface area (Å²) in [6.07, 6.45) is 6.80. The van der Waals surface area contributed by atoms with E-state index >= 15 is 0 Å². The minimum atomic E-state index is -0.630. The number of aliphatic hydroxyl groups is 1. The molecule has 88 valence electrons. The molecule has 0 aliphatic carbocycles. The number of aliphatic hydroxyl groups excluding tert-OH is 1. The Bertz CT molecular complexity index is 331. The smallest absolute Gasteiger partial charge is 0.164 e. The zero-order valence-corrected chi connectivity index (χ0v) is 9.93. The van der Waals surface area contributed by atoms with Crippen molar-refractivity contribution in [3.8, 4) is 11.8 Å². The lowest BCUT2D eigenvalue weighted by atomic mass is 10.2. The normalized spacial score (nSPS) is 28.5. The summed E-state index contributed by atoms with van der Waals surface area (Å²) >= 11 is 0. The van der Waals surface area contributed by atoms with Gasteiger partial charge in [0.25, 0.3) is 0 Å². The molecule has 1 heterocycles. The topological polar surface area (TPSA) is 38.7 Å². The Morgan fingerprint density at radius 2 is 2.06 bits per heavy atom. The molecule has 1 fully saturated rings. The van der Waals surface area contributed by atoms with E-state index in [9.17, 15) is 0 Å². The molecule has 0 aromatic carbocycles. The molecule has 1 N–H and O–H groups in total. The molecule has 1 aliphatic heterocycles. The van der Waals surface area contributed by atoms with Gasteiger partial charge in [-0.1, -0.05) is 24.1 Å². The first-order chi connectivity index (χ1) is 7.59. The maximum Gasteiger partial charge on any atom is 0.164 e. The van der Waals surface area contributed by atoms with Crippen molar-refractivity contribution in [1.29, 1.82) is 0 Å². The Balaban J connectivity index is 2.55. The largest absolute Gasteiger partial charge is 0.394 e. The highest BCUT2D eigenvalue weighted by Gasteiger charge is 2.39. The molecule has 0 spiro atoms. The number of rotatable bonds is 3. The molecular weight excluding hydrogens is 204 g/mol. The van der Waals surface area contributed by atoms with Crippen LogP contribution in [0.3, 0.4) is 0 Å². The van der Waals surface area contributed by atoms with Crippen LogP contribution in [0.4, 0.5) is 0 Å². The third kappa shape index (κ3) is 3.82. The molecule has 0 aromatic heterocycles. The second-order valence-corrected chi connectivity index (χ2v) is 3.96. The van der Waals surface area contributed by atoms with Crippen LogP contribution in [-0.4, -0.2) is 29.7 Å².